The predicted octanol–water partition coefficient (Wildman–Crippen LogP) is 3.57. The second kappa shape index (κ2) is 5.32. The number of rotatable bonds is 4. The van der Waals surface area contributed by atoms with Crippen LogP contribution in [0.4, 0.5) is 0 Å². The molecule has 0 bridgehead atoms. The number of benzene rings is 2. The van der Waals surface area contributed by atoms with Gasteiger partial charge in [0.1, 0.15) is 0 Å². The Kier molecular flexibility index (Phi) is 3.50. The molecule has 0 saturated carbocycles. The third-order valence-corrected chi connectivity index (χ3v) is 4.16. The molecule has 2 aromatic carbocycles. The maximum absolute atomic E-state index is 10.4. The van der Waals surface area contributed by atoms with Gasteiger partial charge in [-0.1, -0.05) is 54.6 Å². The number of aliphatic hydroxyl groups excluding tert-OH is 2. The Hall–Kier alpha value is -2.16. The van der Waals surface area contributed by atoms with Gasteiger partial charge in [0.15, 0.2) is 0 Å². The zero-order chi connectivity index (χ0) is 15.0. The van der Waals surface area contributed by atoms with Gasteiger partial charge in [0, 0.05) is 5.92 Å². The molecule has 2 N–H and O–H groups in total. The van der Waals surface area contributed by atoms with Gasteiger partial charge in [0.25, 0.3) is 0 Å². The highest BCUT2D eigenvalue weighted by Crippen LogP contribution is 2.49. The molecule has 2 heteroatoms. The number of fused-ring (bicyclic) bond motifs is 3. The van der Waals surface area contributed by atoms with Crippen LogP contribution in [-0.4, -0.2) is 16.3 Å². The van der Waals surface area contributed by atoms with Crippen LogP contribution < -0.4 is 0 Å². The highest BCUT2D eigenvalue weighted by atomic mass is 16.3. The van der Waals surface area contributed by atoms with Crippen molar-refractivity contribution in [3.63, 3.8) is 0 Å². The molecule has 3 unspecified atom stereocenters. The molecule has 0 spiro atoms. The van der Waals surface area contributed by atoms with Gasteiger partial charge in [-0.2, -0.15) is 0 Å². The van der Waals surface area contributed by atoms with Crippen LogP contribution >= 0.6 is 0 Å². The van der Waals surface area contributed by atoms with Crippen molar-refractivity contribution in [1.29, 1.82) is 0 Å². The van der Waals surface area contributed by atoms with Crippen molar-refractivity contribution in [2.24, 2.45) is 0 Å². The van der Waals surface area contributed by atoms with Gasteiger partial charge in [-0.25, -0.2) is 0 Å². The summed E-state index contributed by atoms with van der Waals surface area (Å²) in [6.45, 7) is 7.38. The Morgan fingerprint density at radius 3 is 2.33 bits per heavy atom. The van der Waals surface area contributed by atoms with E-state index in [1.165, 1.54) is 6.08 Å². The Labute approximate surface area is 124 Å². The minimum atomic E-state index is -0.742. The minimum absolute atomic E-state index is 0.195. The molecule has 0 radical (unpaired) electrons. The molecule has 3 rings (SSSR count). The quantitative estimate of drug-likeness (QED) is 0.839. The predicted molar refractivity (Wildman–Crippen MR) is 85.1 cm³/mol. The maximum Gasteiger partial charge on any atom is 0.0972 e. The number of aliphatic hydroxyl groups is 2. The van der Waals surface area contributed by atoms with Gasteiger partial charge < -0.3 is 10.2 Å². The van der Waals surface area contributed by atoms with E-state index in [0.717, 1.165) is 27.8 Å². The lowest BCUT2D eigenvalue weighted by Crippen LogP contribution is -2.17. The molecular weight excluding hydrogens is 260 g/mol. The first kappa shape index (κ1) is 13.8. The summed E-state index contributed by atoms with van der Waals surface area (Å²) in [5.41, 5.74) is 5.01. The summed E-state index contributed by atoms with van der Waals surface area (Å²) in [5, 5.41) is 20.6. The van der Waals surface area contributed by atoms with Crippen molar-refractivity contribution >= 4 is 0 Å². The van der Waals surface area contributed by atoms with Crippen molar-refractivity contribution in [1.82, 2.24) is 0 Å². The van der Waals surface area contributed by atoms with Crippen LogP contribution in [0, 0.1) is 0 Å². The van der Waals surface area contributed by atoms with E-state index in [4.69, 9.17) is 0 Å². The van der Waals surface area contributed by atoms with Crippen LogP contribution in [0.15, 0.2) is 67.8 Å². The van der Waals surface area contributed by atoms with E-state index >= 15 is 0 Å². The molecule has 0 aliphatic heterocycles. The fraction of sp³-hybridized carbons (Fsp3) is 0.158. The largest absolute Gasteiger partial charge is 0.388 e. The molecule has 0 heterocycles. The van der Waals surface area contributed by atoms with Crippen molar-refractivity contribution in [2.75, 3.05) is 0 Å². The van der Waals surface area contributed by atoms with Gasteiger partial charge >= 0.3 is 0 Å². The smallest absolute Gasteiger partial charge is 0.0972 e. The molecule has 21 heavy (non-hydrogen) atoms. The van der Waals surface area contributed by atoms with Gasteiger partial charge in [-0.15, -0.1) is 13.2 Å². The van der Waals surface area contributed by atoms with E-state index < -0.39 is 12.2 Å². The highest BCUT2D eigenvalue weighted by Gasteiger charge is 2.34. The van der Waals surface area contributed by atoms with E-state index in [-0.39, 0.29) is 5.92 Å². The van der Waals surface area contributed by atoms with Gasteiger partial charge in [0.2, 0.25) is 0 Å². The molecule has 0 amide bonds. The van der Waals surface area contributed by atoms with E-state index in [9.17, 15) is 10.2 Å². The summed E-state index contributed by atoms with van der Waals surface area (Å²) in [6, 6.07) is 13.9. The third-order valence-electron chi connectivity index (χ3n) is 4.16. The lowest BCUT2D eigenvalue weighted by atomic mass is 9.86. The molecule has 1 aliphatic rings. The molecule has 0 fully saturated rings. The van der Waals surface area contributed by atoms with Crippen LogP contribution in [0.3, 0.4) is 0 Å². The second-order valence-electron chi connectivity index (χ2n) is 5.28. The fourth-order valence-corrected chi connectivity index (χ4v) is 3.21. The first-order valence-electron chi connectivity index (χ1n) is 7.02. The van der Waals surface area contributed by atoms with E-state index in [2.05, 4.69) is 13.2 Å². The van der Waals surface area contributed by atoms with Crippen molar-refractivity contribution in [3.05, 3.63) is 84.5 Å². The molecule has 106 valence electrons. The summed E-state index contributed by atoms with van der Waals surface area (Å²) in [6.07, 6.45) is 1.63. The van der Waals surface area contributed by atoms with Crippen LogP contribution in [-0.2, 0) is 0 Å². The Balaban J connectivity index is 2.30. The first-order chi connectivity index (χ1) is 10.2. The molecule has 1 aliphatic carbocycles. The minimum Gasteiger partial charge on any atom is -0.388 e. The van der Waals surface area contributed by atoms with Crippen molar-refractivity contribution < 1.29 is 10.2 Å². The Morgan fingerprint density at radius 2 is 1.62 bits per heavy atom. The summed E-state index contributed by atoms with van der Waals surface area (Å²) in [4.78, 5) is 0. The average Bonchev–Trinajstić information content (AvgIpc) is 2.88. The Bertz CT molecular complexity index is 702. The van der Waals surface area contributed by atoms with Crippen LogP contribution in [0.2, 0.25) is 0 Å². The monoisotopic (exact) mass is 278 g/mol. The Morgan fingerprint density at radius 1 is 0.905 bits per heavy atom. The summed E-state index contributed by atoms with van der Waals surface area (Å²) in [5.74, 6) is -0.195. The normalized spacial score (nSPS) is 18.5. The molecule has 0 aromatic heterocycles. The SMILES string of the molecule is C=CC(O)c1cccc2c1C(C(O)C=C)c1ccccc1-2. The fourth-order valence-electron chi connectivity index (χ4n) is 3.21. The van der Waals surface area contributed by atoms with Crippen LogP contribution in [0.25, 0.3) is 11.1 Å². The number of hydrogen-bond donors (Lipinski definition) is 2. The summed E-state index contributed by atoms with van der Waals surface area (Å²) in [7, 11) is 0. The standard InChI is InChI=1S/C19H18O2/c1-3-16(20)15-11-7-10-13-12-8-5-6-9-14(12)19(18(13)15)17(21)4-2/h3-11,16-17,19-21H,1-2H2. The van der Waals surface area contributed by atoms with Crippen LogP contribution in [0.1, 0.15) is 28.7 Å². The third kappa shape index (κ3) is 2.04. The maximum atomic E-state index is 10.4. The van der Waals surface area contributed by atoms with Gasteiger partial charge in [-0.05, 0) is 27.8 Å². The summed E-state index contributed by atoms with van der Waals surface area (Å²) < 4.78 is 0. The van der Waals surface area contributed by atoms with Crippen molar-refractivity contribution in [3.8, 4) is 11.1 Å². The number of hydrogen-bond acceptors (Lipinski definition) is 2. The molecular formula is C19H18O2. The zero-order valence-corrected chi connectivity index (χ0v) is 11.7. The van der Waals surface area contributed by atoms with Crippen LogP contribution in [0.5, 0.6) is 0 Å². The topological polar surface area (TPSA) is 40.5 Å². The second-order valence-corrected chi connectivity index (χ2v) is 5.28. The lowest BCUT2D eigenvalue weighted by molar-refractivity contribution is 0.200. The van der Waals surface area contributed by atoms with Gasteiger partial charge in [0.05, 0.1) is 12.2 Å². The highest BCUT2D eigenvalue weighted by molar-refractivity contribution is 5.80. The van der Waals surface area contributed by atoms with Crippen molar-refractivity contribution in [2.45, 2.75) is 18.1 Å². The molecule has 2 nitrogen and oxygen atoms in total. The molecule has 2 aromatic rings. The lowest BCUT2D eigenvalue weighted by Gasteiger charge is -2.21. The van der Waals surface area contributed by atoms with E-state index in [0.29, 0.717) is 0 Å². The molecule has 0 saturated heterocycles. The van der Waals surface area contributed by atoms with Gasteiger partial charge in [-0.3, -0.25) is 0 Å². The summed E-state index contributed by atoms with van der Waals surface area (Å²) >= 11 is 0. The zero-order valence-electron chi connectivity index (χ0n) is 11.7. The van der Waals surface area contributed by atoms with E-state index in [1.807, 2.05) is 42.5 Å². The van der Waals surface area contributed by atoms with E-state index in [1.54, 1.807) is 6.08 Å². The average molecular weight is 278 g/mol. The molecule has 3 atom stereocenters. The first-order valence-corrected chi connectivity index (χ1v) is 7.02.